The summed E-state index contributed by atoms with van der Waals surface area (Å²) < 4.78 is 7.47. The van der Waals surface area contributed by atoms with Gasteiger partial charge in [0.2, 0.25) is 5.91 Å². The van der Waals surface area contributed by atoms with Crippen LogP contribution in [-0.2, 0) is 17.8 Å². The maximum atomic E-state index is 13.4. The molecule has 1 N–H and O–H groups in total. The fourth-order valence-electron chi connectivity index (χ4n) is 4.81. The number of carbonyl (C=O) groups excluding carboxylic acids is 1. The molecule has 0 bridgehead atoms. The number of benzene rings is 1. The van der Waals surface area contributed by atoms with Gasteiger partial charge >= 0.3 is 0 Å². The van der Waals surface area contributed by atoms with Crippen LogP contribution < -0.4 is 5.32 Å². The highest BCUT2D eigenvalue weighted by Gasteiger charge is 2.31. The van der Waals surface area contributed by atoms with Gasteiger partial charge in [0.05, 0.1) is 31.0 Å². The van der Waals surface area contributed by atoms with Crippen LogP contribution in [0.3, 0.4) is 0 Å². The Hall–Kier alpha value is -3.60. The highest BCUT2D eigenvalue weighted by atomic mass is 32.1. The minimum absolute atomic E-state index is 0.0377. The van der Waals surface area contributed by atoms with Crippen molar-refractivity contribution in [1.29, 1.82) is 5.26 Å². The molecule has 1 unspecified atom stereocenters. The summed E-state index contributed by atoms with van der Waals surface area (Å²) in [7, 11) is 0. The van der Waals surface area contributed by atoms with E-state index in [1.165, 1.54) is 16.0 Å². The summed E-state index contributed by atoms with van der Waals surface area (Å²) in [5, 5.41) is 15.0. The number of thiophene rings is 1. The normalized spacial score (nSPS) is 15.6. The molecule has 1 amide bonds. The number of furan rings is 1. The van der Waals surface area contributed by atoms with Gasteiger partial charge in [-0.3, -0.25) is 9.69 Å². The van der Waals surface area contributed by atoms with Gasteiger partial charge in [-0.25, -0.2) is 0 Å². The Labute approximate surface area is 203 Å². The van der Waals surface area contributed by atoms with E-state index < -0.39 is 0 Å². The number of carbonyl (C=O) groups is 1. The van der Waals surface area contributed by atoms with Gasteiger partial charge in [0.15, 0.2) is 0 Å². The first-order valence-electron chi connectivity index (χ1n) is 11.3. The molecule has 0 aliphatic carbocycles. The van der Waals surface area contributed by atoms with E-state index in [2.05, 4.69) is 39.9 Å². The summed E-state index contributed by atoms with van der Waals surface area (Å²) >= 11 is 1.78. The highest BCUT2D eigenvalue weighted by Crippen LogP contribution is 2.37. The van der Waals surface area contributed by atoms with Crippen molar-refractivity contribution in [3.63, 3.8) is 0 Å². The Bertz CT molecular complexity index is 1350. The highest BCUT2D eigenvalue weighted by molar-refractivity contribution is 7.10. The fraction of sp³-hybridized carbons (Fsp3) is 0.259. The molecule has 7 heteroatoms. The third kappa shape index (κ3) is 4.07. The summed E-state index contributed by atoms with van der Waals surface area (Å²) in [6, 6.07) is 18.6. The minimum Gasteiger partial charge on any atom is -0.467 e. The molecule has 1 aliphatic rings. The Balaban J connectivity index is 1.42. The molecule has 0 saturated heterocycles. The summed E-state index contributed by atoms with van der Waals surface area (Å²) in [6.07, 6.45) is 2.56. The smallest absolute Gasteiger partial charge is 0.239 e. The lowest BCUT2D eigenvalue weighted by Crippen LogP contribution is -2.40. The van der Waals surface area contributed by atoms with Gasteiger partial charge in [0.1, 0.15) is 17.6 Å². The number of aromatic nitrogens is 1. The molecule has 0 spiro atoms. The Morgan fingerprint density at radius 1 is 1.21 bits per heavy atom. The second kappa shape index (κ2) is 9.34. The van der Waals surface area contributed by atoms with E-state index in [4.69, 9.17) is 4.42 Å². The standard InChI is InChI=1S/C27H26N4O2S/c1-18-19(2)31(16-21-9-6-13-33-21)27(23(18)15-28)29-25(32)17-30-12-10-24-22(11-14-34-24)26(30)20-7-4-3-5-8-20/h3-9,11,13-14,26H,10,12,16-17H2,1-2H3,(H,29,32). The minimum atomic E-state index is -0.130. The third-order valence-electron chi connectivity index (χ3n) is 6.62. The zero-order chi connectivity index (χ0) is 23.7. The molecular weight excluding hydrogens is 444 g/mol. The van der Waals surface area contributed by atoms with E-state index in [-0.39, 0.29) is 18.5 Å². The van der Waals surface area contributed by atoms with E-state index >= 15 is 0 Å². The number of anilines is 1. The van der Waals surface area contributed by atoms with Crippen LogP contribution in [0.1, 0.15) is 44.6 Å². The number of fused-ring (bicyclic) bond motifs is 1. The van der Waals surface area contributed by atoms with E-state index in [0.29, 0.717) is 17.9 Å². The lowest BCUT2D eigenvalue weighted by Gasteiger charge is -2.35. The van der Waals surface area contributed by atoms with E-state index in [9.17, 15) is 10.1 Å². The molecule has 5 rings (SSSR count). The second-order valence-electron chi connectivity index (χ2n) is 8.59. The monoisotopic (exact) mass is 470 g/mol. The van der Waals surface area contributed by atoms with Gasteiger partial charge in [0.25, 0.3) is 0 Å². The van der Waals surface area contributed by atoms with Gasteiger partial charge in [-0.15, -0.1) is 11.3 Å². The van der Waals surface area contributed by atoms with E-state index in [1.807, 2.05) is 48.7 Å². The Morgan fingerprint density at radius 2 is 2.03 bits per heavy atom. The number of amides is 1. The van der Waals surface area contributed by atoms with Gasteiger partial charge < -0.3 is 14.3 Å². The molecule has 4 heterocycles. The first-order valence-corrected chi connectivity index (χ1v) is 12.2. The van der Waals surface area contributed by atoms with Gasteiger partial charge in [-0.1, -0.05) is 30.3 Å². The number of nitriles is 1. The molecule has 0 radical (unpaired) electrons. The van der Waals surface area contributed by atoms with Crippen molar-refractivity contribution in [2.75, 3.05) is 18.4 Å². The summed E-state index contributed by atoms with van der Waals surface area (Å²) in [4.78, 5) is 17.0. The lowest BCUT2D eigenvalue weighted by atomic mass is 9.93. The largest absolute Gasteiger partial charge is 0.467 e. The van der Waals surface area contributed by atoms with Crippen LogP contribution in [0.5, 0.6) is 0 Å². The van der Waals surface area contributed by atoms with Gasteiger partial charge in [0, 0.05) is 17.1 Å². The maximum absolute atomic E-state index is 13.4. The van der Waals surface area contributed by atoms with Gasteiger partial charge in [-0.05, 0) is 60.5 Å². The molecule has 34 heavy (non-hydrogen) atoms. The van der Waals surface area contributed by atoms with Crippen LogP contribution in [0.25, 0.3) is 0 Å². The van der Waals surface area contributed by atoms with Crippen LogP contribution in [0.15, 0.2) is 64.6 Å². The van der Waals surface area contributed by atoms with Crippen molar-refractivity contribution in [2.45, 2.75) is 32.9 Å². The third-order valence-corrected chi connectivity index (χ3v) is 7.62. The molecule has 172 valence electrons. The van der Waals surface area contributed by atoms with E-state index in [1.54, 1.807) is 17.6 Å². The summed E-state index contributed by atoms with van der Waals surface area (Å²) in [6.45, 7) is 5.37. The van der Waals surface area contributed by atoms with Crippen LogP contribution in [0.4, 0.5) is 5.82 Å². The second-order valence-corrected chi connectivity index (χ2v) is 9.59. The number of rotatable bonds is 6. The predicted octanol–water partition coefficient (Wildman–Crippen LogP) is 5.27. The van der Waals surface area contributed by atoms with Crippen molar-refractivity contribution in [3.8, 4) is 6.07 Å². The Morgan fingerprint density at radius 3 is 2.76 bits per heavy atom. The molecule has 3 aromatic heterocycles. The van der Waals surface area contributed by atoms with E-state index in [0.717, 1.165) is 30.0 Å². The zero-order valence-electron chi connectivity index (χ0n) is 19.2. The molecule has 0 saturated carbocycles. The van der Waals surface area contributed by atoms with Gasteiger partial charge in [-0.2, -0.15) is 5.26 Å². The lowest BCUT2D eigenvalue weighted by molar-refractivity contribution is -0.117. The zero-order valence-corrected chi connectivity index (χ0v) is 20.1. The molecular formula is C27H26N4O2S. The maximum Gasteiger partial charge on any atom is 0.239 e. The van der Waals surface area contributed by atoms with Crippen molar-refractivity contribution < 1.29 is 9.21 Å². The van der Waals surface area contributed by atoms with Crippen molar-refractivity contribution in [2.24, 2.45) is 0 Å². The summed E-state index contributed by atoms with van der Waals surface area (Å²) in [5.41, 5.74) is 4.76. The van der Waals surface area contributed by atoms with Crippen molar-refractivity contribution in [1.82, 2.24) is 9.47 Å². The van der Waals surface area contributed by atoms with Crippen LogP contribution in [0, 0.1) is 25.2 Å². The quantitative estimate of drug-likeness (QED) is 0.417. The number of hydrogen-bond donors (Lipinski definition) is 1. The van der Waals surface area contributed by atoms with Crippen LogP contribution in [-0.4, -0.2) is 28.5 Å². The molecule has 1 aromatic carbocycles. The summed E-state index contributed by atoms with van der Waals surface area (Å²) in [5.74, 6) is 1.17. The number of nitrogens with zero attached hydrogens (tertiary/aromatic N) is 3. The molecule has 0 fully saturated rings. The SMILES string of the molecule is Cc1c(C#N)c(NC(=O)CN2CCc3sccc3C2c2ccccc2)n(Cc2ccco2)c1C. The van der Waals surface area contributed by atoms with Crippen molar-refractivity contribution >= 4 is 23.1 Å². The molecule has 6 nitrogen and oxygen atoms in total. The average Bonchev–Trinajstić information content (AvgIpc) is 3.58. The predicted molar refractivity (Wildman–Crippen MR) is 133 cm³/mol. The molecule has 1 aliphatic heterocycles. The number of nitrogens with one attached hydrogen (secondary N) is 1. The van der Waals surface area contributed by atoms with Crippen LogP contribution >= 0.6 is 11.3 Å². The molecule has 1 atom stereocenters. The van der Waals surface area contributed by atoms with Crippen LogP contribution in [0.2, 0.25) is 0 Å². The fourth-order valence-corrected chi connectivity index (χ4v) is 5.71. The van der Waals surface area contributed by atoms with Crippen molar-refractivity contribution in [3.05, 3.63) is 98.8 Å². The first kappa shape index (κ1) is 22.2. The number of hydrogen-bond acceptors (Lipinski definition) is 5. The topological polar surface area (TPSA) is 74.2 Å². The average molecular weight is 471 g/mol. The first-order chi connectivity index (χ1) is 16.6. The molecule has 4 aromatic rings. The Kier molecular flexibility index (Phi) is 6.10.